The van der Waals surface area contributed by atoms with Crippen molar-refractivity contribution in [3.8, 4) is 0 Å². The Morgan fingerprint density at radius 3 is 2.83 bits per heavy atom. The molecule has 0 aromatic heterocycles. The Morgan fingerprint density at radius 1 is 1.42 bits per heavy atom. The predicted octanol–water partition coefficient (Wildman–Crippen LogP) is 1.34. The second kappa shape index (κ2) is 3.52. The van der Waals surface area contributed by atoms with Gasteiger partial charge in [0.25, 0.3) is 0 Å². The smallest absolute Gasteiger partial charge is 0.0547 e. The van der Waals surface area contributed by atoms with Gasteiger partial charge in [-0.3, -0.25) is 0 Å². The molecule has 0 atom stereocenters. The van der Waals surface area contributed by atoms with Gasteiger partial charge in [0.1, 0.15) is 0 Å². The van der Waals surface area contributed by atoms with Crippen LogP contribution in [0.15, 0.2) is 0 Å². The van der Waals surface area contributed by atoms with Crippen molar-refractivity contribution in [2.45, 2.75) is 12.8 Å². The van der Waals surface area contributed by atoms with E-state index in [-0.39, 0.29) is 0 Å². The van der Waals surface area contributed by atoms with E-state index in [0.29, 0.717) is 5.41 Å². The van der Waals surface area contributed by atoms with Crippen molar-refractivity contribution in [1.82, 2.24) is 4.90 Å². The Morgan fingerprint density at radius 2 is 2.25 bits per heavy atom. The van der Waals surface area contributed by atoms with Crippen LogP contribution in [0.25, 0.3) is 0 Å². The Balaban J connectivity index is 1.77. The highest BCUT2D eigenvalue weighted by Gasteiger charge is 2.43. The van der Waals surface area contributed by atoms with Crippen LogP contribution in [0.4, 0.5) is 0 Å². The third kappa shape index (κ3) is 1.61. The topological polar surface area (TPSA) is 12.5 Å². The zero-order valence-electron chi connectivity index (χ0n) is 7.39. The number of likely N-dealkylation sites (tertiary alicyclic amines) is 1. The monoisotopic (exact) mass is 189 g/mol. The minimum absolute atomic E-state index is 0.518. The summed E-state index contributed by atoms with van der Waals surface area (Å²) >= 11 is 5.66. The Labute approximate surface area is 78.8 Å². The average Bonchev–Trinajstić information content (AvgIpc) is 2.04. The second-order valence-corrected chi connectivity index (χ2v) is 4.43. The quantitative estimate of drug-likeness (QED) is 0.608. The molecule has 2 rings (SSSR count). The first-order valence-electron chi connectivity index (χ1n) is 4.71. The summed E-state index contributed by atoms with van der Waals surface area (Å²) in [5.41, 5.74) is 0.518. The van der Waals surface area contributed by atoms with Gasteiger partial charge >= 0.3 is 0 Å². The molecular formula is C9H16ClNO. The largest absolute Gasteiger partial charge is 0.381 e. The summed E-state index contributed by atoms with van der Waals surface area (Å²) in [7, 11) is 0. The molecule has 0 N–H and O–H groups in total. The second-order valence-electron chi connectivity index (χ2n) is 4.06. The SMILES string of the molecule is ClCCN1CC2(CCCOC2)C1. The van der Waals surface area contributed by atoms with Gasteiger partial charge in [-0.25, -0.2) is 0 Å². The van der Waals surface area contributed by atoms with Crippen LogP contribution in [0.3, 0.4) is 0 Å². The van der Waals surface area contributed by atoms with Crippen molar-refractivity contribution in [2.24, 2.45) is 5.41 Å². The van der Waals surface area contributed by atoms with Crippen molar-refractivity contribution in [1.29, 1.82) is 0 Å². The molecule has 2 fully saturated rings. The predicted molar refractivity (Wildman–Crippen MR) is 49.6 cm³/mol. The van der Waals surface area contributed by atoms with Crippen molar-refractivity contribution in [2.75, 3.05) is 38.7 Å². The zero-order valence-corrected chi connectivity index (χ0v) is 8.15. The first kappa shape index (κ1) is 8.79. The number of nitrogens with zero attached hydrogens (tertiary/aromatic N) is 1. The maximum atomic E-state index is 5.66. The molecule has 0 aliphatic carbocycles. The van der Waals surface area contributed by atoms with E-state index in [2.05, 4.69) is 4.90 Å². The van der Waals surface area contributed by atoms with Crippen LogP contribution in [0.2, 0.25) is 0 Å². The molecule has 12 heavy (non-hydrogen) atoms. The lowest BCUT2D eigenvalue weighted by atomic mass is 9.75. The molecule has 0 aromatic rings. The molecule has 1 spiro atoms. The number of ether oxygens (including phenoxy) is 1. The molecule has 2 aliphatic heterocycles. The third-order valence-electron chi connectivity index (χ3n) is 2.92. The lowest BCUT2D eigenvalue weighted by molar-refractivity contribution is -0.0982. The maximum absolute atomic E-state index is 5.66. The molecule has 2 saturated heterocycles. The molecule has 0 radical (unpaired) electrons. The molecule has 3 heteroatoms. The standard InChI is InChI=1S/C9H16ClNO/c10-3-4-11-6-9(7-11)2-1-5-12-8-9/h1-8H2. The van der Waals surface area contributed by atoms with Crippen LogP contribution in [0.1, 0.15) is 12.8 Å². The lowest BCUT2D eigenvalue weighted by Crippen LogP contribution is -2.60. The van der Waals surface area contributed by atoms with Crippen molar-refractivity contribution in [3.63, 3.8) is 0 Å². The van der Waals surface area contributed by atoms with E-state index in [4.69, 9.17) is 16.3 Å². The first-order chi connectivity index (χ1) is 5.85. The van der Waals surface area contributed by atoms with E-state index < -0.39 is 0 Å². The summed E-state index contributed by atoms with van der Waals surface area (Å²) < 4.78 is 5.49. The number of rotatable bonds is 2. The summed E-state index contributed by atoms with van der Waals surface area (Å²) in [5.74, 6) is 0.761. The summed E-state index contributed by atoms with van der Waals surface area (Å²) in [6.45, 7) is 5.41. The van der Waals surface area contributed by atoms with E-state index >= 15 is 0 Å². The van der Waals surface area contributed by atoms with Gasteiger partial charge in [0, 0.05) is 37.5 Å². The summed E-state index contributed by atoms with van der Waals surface area (Å²) in [6, 6.07) is 0. The van der Waals surface area contributed by atoms with Crippen LogP contribution in [-0.4, -0.2) is 43.6 Å². The van der Waals surface area contributed by atoms with Crippen LogP contribution < -0.4 is 0 Å². The molecule has 70 valence electrons. The molecule has 0 bridgehead atoms. The zero-order chi connectivity index (χ0) is 8.44. The molecule has 0 unspecified atom stereocenters. The van der Waals surface area contributed by atoms with Crippen molar-refractivity contribution >= 4 is 11.6 Å². The van der Waals surface area contributed by atoms with Gasteiger partial charge in [-0.2, -0.15) is 0 Å². The number of hydrogen-bond donors (Lipinski definition) is 0. The first-order valence-corrected chi connectivity index (χ1v) is 5.24. The molecule has 2 aliphatic rings. The molecular weight excluding hydrogens is 174 g/mol. The minimum Gasteiger partial charge on any atom is -0.381 e. The highest BCUT2D eigenvalue weighted by molar-refractivity contribution is 6.18. The minimum atomic E-state index is 0.518. The third-order valence-corrected chi connectivity index (χ3v) is 3.09. The summed E-state index contributed by atoms with van der Waals surface area (Å²) in [5, 5.41) is 0. The fraction of sp³-hybridized carbons (Fsp3) is 1.00. The van der Waals surface area contributed by atoms with E-state index in [1.165, 1.54) is 25.9 Å². The Bertz CT molecular complexity index is 149. The van der Waals surface area contributed by atoms with Crippen LogP contribution in [-0.2, 0) is 4.74 Å². The lowest BCUT2D eigenvalue weighted by Gasteiger charge is -2.51. The Hall–Kier alpha value is 0.210. The number of hydrogen-bond acceptors (Lipinski definition) is 2. The Kier molecular flexibility index (Phi) is 2.58. The van der Waals surface area contributed by atoms with Crippen molar-refractivity contribution in [3.05, 3.63) is 0 Å². The van der Waals surface area contributed by atoms with E-state index in [0.717, 1.165) is 25.6 Å². The van der Waals surface area contributed by atoms with Gasteiger partial charge in [-0.05, 0) is 12.8 Å². The molecule has 0 amide bonds. The van der Waals surface area contributed by atoms with Crippen LogP contribution in [0.5, 0.6) is 0 Å². The molecule has 0 saturated carbocycles. The van der Waals surface area contributed by atoms with E-state index in [9.17, 15) is 0 Å². The highest BCUT2D eigenvalue weighted by Crippen LogP contribution is 2.37. The van der Waals surface area contributed by atoms with Gasteiger partial charge in [0.05, 0.1) is 6.61 Å². The van der Waals surface area contributed by atoms with Gasteiger partial charge in [0.15, 0.2) is 0 Å². The fourth-order valence-electron chi connectivity index (χ4n) is 2.34. The molecule has 2 heterocycles. The fourth-order valence-corrected chi connectivity index (χ4v) is 2.58. The summed E-state index contributed by atoms with van der Waals surface area (Å²) in [6.07, 6.45) is 2.60. The van der Waals surface area contributed by atoms with E-state index in [1.54, 1.807) is 0 Å². The normalized spacial score (nSPS) is 28.8. The molecule has 2 nitrogen and oxygen atoms in total. The van der Waals surface area contributed by atoms with Crippen molar-refractivity contribution < 1.29 is 4.74 Å². The van der Waals surface area contributed by atoms with Crippen LogP contribution >= 0.6 is 11.6 Å². The average molecular weight is 190 g/mol. The highest BCUT2D eigenvalue weighted by atomic mass is 35.5. The van der Waals surface area contributed by atoms with Gasteiger partial charge in [0.2, 0.25) is 0 Å². The van der Waals surface area contributed by atoms with E-state index in [1.807, 2.05) is 0 Å². The van der Waals surface area contributed by atoms with Gasteiger partial charge < -0.3 is 9.64 Å². The van der Waals surface area contributed by atoms with Gasteiger partial charge in [-0.15, -0.1) is 11.6 Å². The van der Waals surface area contributed by atoms with Crippen LogP contribution in [0, 0.1) is 5.41 Å². The van der Waals surface area contributed by atoms with Gasteiger partial charge in [-0.1, -0.05) is 0 Å². The maximum Gasteiger partial charge on any atom is 0.0547 e. The number of alkyl halides is 1. The summed E-state index contributed by atoms with van der Waals surface area (Å²) in [4.78, 5) is 2.42. The molecule has 0 aromatic carbocycles. The number of halogens is 1.